The normalized spacial score (nSPS) is 14.6. The first-order valence-corrected chi connectivity index (χ1v) is 11.6. The molecule has 0 radical (unpaired) electrons. The Balaban J connectivity index is 1.46. The summed E-state index contributed by atoms with van der Waals surface area (Å²) in [5.74, 6) is -0.288. The van der Waals surface area contributed by atoms with Crippen LogP contribution in [0.25, 0.3) is 22.1 Å². The van der Waals surface area contributed by atoms with Gasteiger partial charge in [-0.3, -0.25) is 9.69 Å². The molecular formula is C26H23Cl2N3O2. The number of carbonyl (C=O) groups is 1. The Labute approximate surface area is 202 Å². The van der Waals surface area contributed by atoms with Crippen LogP contribution < -0.4 is 11.1 Å². The van der Waals surface area contributed by atoms with Crippen molar-refractivity contribution in [3.8, 4) is 11.1 Å². The lowest BCUT2D eigenvalue weighted by molar-refractivity contribution is 0.101. The number of nitrogen functional groups attached to an aromatic ring is 1. The van der Waals surface area contributed by atoms with Crippen LogP contribution in [0.15, 0.2) is 65.1 Å². The van der Waals surface area contributed by atoms with Gasteiger partial charge in [-0.2, -0.15) is 0 Å². The summed E-state index contributed by atoms with van der Waals surface area (Å²) in [4.78, 5) is 15.5. The minimum Gasteiger partial charge on any atom is -0.450 e. The second-order valence-corrected chi connectivity index (χ2v) is 9.08. The zero-order valence-corrected chi connectivity index (χ0v) is 19.4. The number of nitrogens with two attached hydrogens (primary N) is 1. The molecule has 1 aliphatic heterocycles. The second kappa shape index (κ2) is 9.20. The lowest BCUT2D eigenvalue weighted by atomic mass is 10.0. The third kappa shape index (κ3) is 4.50. The van der Waals surface area contributed by atoms with Gasteiger partial charge < -0.3 is 15.5 Å². The van der Waals surface area contributed by atoms with Crippen molar-refractivity contribution >= 4 is 45.6 Å². The number of ketones is 1. The van der Waals surface area contributed by atoms with Crippen molar-refractivity contribution in [2.45, 2.75) is 6.54 Å². The Morgan fingerprint density at radius 3 is 2.58 bits per heavy atom. The molecule has 1 saturated heterocycles. The van der Waals surface area contributed by atoms with E-state index in [2.05, 4.69) is 34.5 Å². The Kier molecular flexibility index (Phi) is 6.13. The van der Waals surface area contributed by atoms with Gasteiger partial charge in [-0.1, -0.05) is 47.5 Å². The molecule has 33 heavy (non-hydrogen) atoms. The molecule has 1 fully saturated rings. The average molecular weight is 480 g/mol. The van der Waals surface area contributed by atoms with E-state index < -0.39 is 0 Å². The number of furan rings is 1. The largest absolute Gasteiger partial charge is 0.450 e. The van der Waals surface area contributed by atoms with Gasteiger partial charge in [0.2, 0.25) is 5.78 Å². The number of benzene rings is 3. The SMILES string of the molecule is Nc1c(C(=O)c2ccc(Cl)cc2Cl)oc2cc(-c3cccc(CN4CCNCC4)c3)ccc12. The number of halogens is 2. The molecule has 3 aromatic carbocycles. The van der Waals surface area contributed by atoms with Gasteiger partial charge in [-0.15, -0.1) is 0 Å². The number of carbonyl (C=O) groups excluding carboxylic acids is 1. The molecule has 1 aromatic heterocycles. The number of nitrogens with zero attached hydrogens (tertiary/aromatic N) is 1. The van der Waals surface area contributed by atoms with E-state index in [1.807, 2.05) is 18.2 Å². The van der Waals surface area contributed by atoms with E-state index in [0.29, 0.717) is 27.2 Å². The number of nitrogens with one attached hydrogen (secondary N) is 1. The summed E-state index contributed by atoms with van der Waals surface area (Å²) in [5.41, 5.74) is 10.8. The summed E-state index contributed by atoms with van der Waals surface area (Å²) in [6, 6.07) is 19.1. The maximum atomic E-state index is 13.0. The summed E-state index contributed by atoms with van der Waals surface area (Å²) >= 11 is 12.2. The number of piperazine rings is 1. The van der Waals surface area contributed by atoms with Crippen LogP contribution in [-0.4, -0.2) is 36.9 Å². The summed E-state index contributed by atoms with van der Waals surface area (Å²) in [7, 11) is 0. The Bertz CT molecular complexity index is 1340. The van der Waals surface area contributed by atoms with Gasteiger partial charge in [0.15, 0.2) is 5.76 Å². The molecule has 0 bridgehead atoms. The average Bonchev–Trinajstić information content (AvgIpc) is 3.15. The van der Waals surface area contributed by atoms with Gasteiger partial charge in [0, 0.05) is 48.7 Å². The minimum atomic E-state index is -0.370. The first-order valence-electron chi connectivity index (χ1n) is 10.8. The molecule has 1 aliphatic rings. The molecule has 0 unspecified atom stereocenters. The van der Waals surface area contributed by atoms with E-state index >= 15 is 0 Å². The van der Waals surface area contributed by atoms with Gasteiger partial charge in [0.1, 0.15) is 5.58 Å². The first kappa shape index (κ1) is 22.0. The van der Waals surface area contributed by atoms with Crippen LogP contribution in [0.4, 0.5) is 5.69 Å². The van der Waals surface area contributed by atoms with Crippen LogP contribution in [0.3, 0.4) is 0 Å². The predicted octanol–water partition coefficient (Wildman–Crippen LogP) is 5.63. The molecule has 2 heterocycles. The van der Waals surface area contributed by atoms with Crippen molar-refractivity contribution in [1.29, 1.82) is 0 Å². The van der Waals surface area contributed by atoms with Crippen LogP contribution in [0.1, 0.15) is 21.7 Å². The highest BCUT2D eigenvalue weighted by Crippen LogP contribution is 2.35. The zero-order chi connectivity index (χ0) is 22.9. The summed E-state index contributed by atoms with van der Waals surface area (Å²) in [6.45, 7) is 5.08. The third-order valence-electron chi connectivity index (χ3n) is 5.99. The number of hydrogen-bond acceptors (Lipinski definition) is 5. The maximum absolute atomic E-state index is 13.0. The highest BCUT2D eigenvalue weighted by atomic mass is 35.5. The molecule has 0 aliphatic carbocycles. The fourth-order valence-electron chi connectivity index (χ4n) is 4.24. The van der Waals surface area contributed by atoms with Crippen LogP contribution >= 0.6 is 23.2 Å². The first-order chi connectivity index (χ1) is 16.0. The van der Waals surface area contributed by atoms with Crippen LogP contribution in [0.5, 0.6) is 0 Å². The quantitative estimate of drug-likeness (QED) is 0.363. The summed E-state index contributed by atoms with van der Waals surface area (Å²) < 4.78 is 5.93. The van der Waals surface area contributed by atoms with Crippen LogP contribution in [-0.2, 0) is 6.54 Å². The molecule has 0 amide bonds. The topological polar surface area (TPSA) is 71.5 Å². The van der Waals surface area contributed by atoms with Crippen molar-refractivity contribution in [3.63, 3.8) is 0 Å². The van der Waals surface area contributed by atoms with Crippen molar-refractivity contribution < 1.29 is 9.21 Å². The van der Waals surface area contributed by atoms with Crippen molar-refractivity contribution in [1.82, 2.24) is 10.2 Å². The number of rotatable bonds is 5. The Hall–Kier alpha value is -2.83. The molecule has 0 spiro atoms. The molecule has 7 heteroatoms. The van der Waals surface area contributed by atoms with E-state index in [1.54, 1.807) is 12.1 Å². The summed E-state index contributed by atoms with van der Waals surface area (Å²) in [6.07, 6.45) is 0. The predicted molar refractivity (Wildman–Crippen MR) is 134 cm³/mol. The molecule has 4 aromatic rings. The van der Waals surface area contributed by atoms with Crippen molar-refractivity contribution in [3.05, 3.63) is 87.6 Å². The molecule has 5 nitrogen and oxygen atoms in total. The van der Waals surface area contributed by atoms with Crippen LogP contribution in [0.2, 0.25) is 10.0 Å². The molecule has 0 atom stereocenters. The van der Waals surface area contributed by atoms with E-state index in [-0.39, 0.29) is 16.6 Å². The lowest BCUT2D eigenvalue weighted by Gasteiger charge is -2.27. The van der Waals surface area contributed by atoms with E-state index in [1.165, 1.54) is 11.6 Å². The monoisotopic (exact) mass is 479 g/mol. The van der Waals surface area contributed by atoms with E-state index in [4.69, 9.17) is 33.4 Å². The smallest absolute Gasteiger partial charge is 0.231 e. The molecule has 0 saturated carbocycles. The highest BCUT2D eigenvalue weighted by molar-refractivity contribution is 6.37. The molecule has 5 rings (SSSR count). The minimum absolute atomic E-state index is 0.0823. The maximum Gasteiger partial charge on any atom is 0.231 e. The molecular weight excluding hydrogens is 457 g/mol. The van der Waals surface area contributed by atoms with Crippen molar-refractivity contribution in [2.24, 2.45) is 0 Å². The second-order valence-electron chi connectivity index (χ2n) is 8.24. The van der Waals surface area contributed by atoms with Gasteiger partial charge in [-0.25, -0.2) is 0 Å². The van der Waals surface area contributed by atoms with Gasteiger partial charge in [0.05, 0.1) is 10.7 Å². The van der Waals surface area contributed by atoms with E-state index in [9.17, 15) is 4.79 Å². The Morgan fingerprint density at radius 1 is 1.00 bits per heavy atom. The number of anilines is 1. The lowest BCUT2D eigenvalue weighted by Crippen LogP contribution is -2.42. The standard InChI is InChI=1S/C26H23Cl2N3O2/c27-19-5-7-20(22(28)14-19)25(32)26-24(29)21-6-4-18(13-23(21)33-26)17-3-1-2-16(12-17)15-31-10-8-30-9-11-31/h1-7,12-14,30H,8-11,15,29H2. The number of hydrogen-bond donors (Lipinski definition) is 2. The fraction of sp³-hybridized carbons (Fsp3) is 0.192. The molecule has 168 valence electrons. The fourth-order valence-corrected chi connectivity index (χ4v) is 4.73. The molecule has 3 N–H and O–H groups in total. The van der Waals surface area contributed by atoms with E-state index in [0.717, 1.165) is 43.9 Å². The van der Waals surface area contributed by atoms with Gasteiger partial charge >= 0.3 is 0 Å². The summed E-state index contributed by atoms with van der Waals surface area (Å²) in [5, 5.41) is 4.80. The van der Waals surface area contributed by atoms with Crippen molar-refractivity contribution in [2.75, 3.05) is 31.9 Å². The van der Waals surface area contributed by atoms with Gasteiger partial charge in [-0.05, 0) is 53.1 Å². The van der Waals surface area contributed by atoms with Crippen LogP contribution in [0, 0.1) is 0 Å². The third-order valence-corrected chi connectivity index (χ3v) is 6.53. The Morgan fingerprint density at radius 2 is 1.79 bits per heavy atom. The van der Waals surface area contributed by atoms with Gasteiger partial charge in [0.25, 0.3) is 0 Å². The zero-order valence-electron chi connectivity index (χ0n) is 17.9. The highest BCUT2D eigenvalue weighted by Gasteiger charge is 2.22. The number of fused-ring (bicyclic) bond motifs is 1.